The smallest absolute Gasteiger partial charge is 0.326 e. The molecule has 1 amide bonds. The Morgan fingerprint density at radius 1 is 1.35 bits per heavy atom. The molecule has 0 aromatic carbocycles. The lowest BCUT2D eigenvalue weighted by Crippen LogP contribution is -2.39. The van der Waals surface area contributed by atoms with Gasteiger partial charge in [0.05, 0.1) is 9.75 Å². The Balaban J connectivity index is 2.12. The van der Waals surface area contributed by atoms with E-state index in [9.17, 15) is 9.59 Å². The van der Waals surface area contributed by atoms with Gasteiger partial charge in [-0.2, -0.15) is 0 Å². The second-order valence-electron chi connectivity index (χ2n) is 4.35. The fourth-order valence-electron chi connectivity index (χ4n) is 1.73. The van der Waals surface area contributed by atoms with Gasteiger partial charge in [-0.25, -0.2) is 4.79 Å². The highest BCUT2D eigenvalue weighted by molar-refractivity contribution is 7.17. The van der Waals surface area contributed by atoms with Crippen molar-refractivity contribution in [2.24, 2.45) is 0 Å². The van der Waals surface area contributed by atoms with Crippen molar-refractivity contribution in [1.29, 1.82) is 0 Å². The molecule has 1 atom stereocenters. The molecule has 6 heteroatoms. The summed E-state index contributed by atoms with van der Waals surface area (Å²) >= 11 is 1.27. The Hall–Kier alpha value is -2.08. The molecule has 0 aliphatic carbocycles. The minimum atomic E-state index is -1.03. The van der Waals surface area contributed by atoms with Gasteiger partial charge >= 0.3 is 5.97 Å². The fourth-order valence-corrected chi connectivity index (χ4v) is 2.60. The number of aliphatic carboxylic acids is 1. The first-order valence-corrected chi connectivity index (χ1v) is 7.03. The minimum absolute atomic E-state index is 0.344. The van der Waals surface area contributed by atoms with Gasteiger partial charge in [0.1, 0.15) is 17.6 Å². The van der Waals surface area contributed by atoms with E-state index < -0.39 is 12.0 Å². The number of carbonyl (C=O) groups is 2. The molecule has 2 aromatic rings. The van der Waals surface area contributed by atoms with E-state index in [2.05, 4.69) is 5.32 Å². The highest BCUT2D eigenvalue weighted by atomic mass is 32.1. The molecule has 2 N–H and O–H groups in total. The van der Waals surface area contributed by atoms with Crippen LogP contribution >= 0.6 is 11.3 Å². The number of rotatable bonds is 5. The first-order valence-electron chi connectivity index (χ1n) is 6.21. The summed E-state index contributed by atoms with van der Waals surface area (Å²) in [5.41, 5.74) is 0. The number of hydrogen-bond donors (Lipinski definition) is 2. The normalized spacial score (nSPS) is 12.1. The second-order valence-corrected chi connectivity index (χ2v) is 5.43. The van der Waals surface area contributed by atoms with Gasteiger partial charge in [-0.1, -0.05) is 6.92 Å². The van der Waals surface area contributed by atoms with Crippen LogP contribution in [0.15, 0.2) is 28.7 Å². The van der Waals surface area contributed by atoms with Crippen LogP contribution in [-0.4, -0.2) is 23.0 Å². The molecule has 0 aliphatic rings. The van der Waals surface area contributed by atoms with Crippen LogP contribution in [0.25, 0.3) is 10.6 Å². The molecule has 0 radical (unpaired) electrons. The van der Waals surface area contributed by atoms with Crippen LogP contribution in [-0.2, 0) is 4.79 Å². The van der Waals surface area contributed by atoms with E-state index in [4.69, 9.17) is 9.52 Å². The summed E-state index contributed by atoms with van der Waals surface area (Å²) < 4.78 is 5.49. The summed E-state index contributed by atoms with van der Waals surface area (Å²) in [5, 5.41) is 11.4. The molecule has 0 bridgehead atoms. The number of hydrogen-bond acceptors (Lipinski definition) is 4. The van der Waals surface area contributed by atoms with Crippen LogP contribution in [0.3, 0.4) is 0 Å². The van der Waals surface area contributed by atoms with Gasteiger partial charge in [0.25, 0.3) is 5.91 Å². The summed E-state index contributed by atoms with van der Waals surface area (Å²) in [6.45, 7) is 3.56. The summed E-state index contributed by atoms with van der Waals surface area (Å²) in [7, 11) is 0. The molecule has 0 saturated heterocycles. The number of thiophene rings is 1. The lowest BCUT2D eigenvalue weighted by molar-refractivity contribution is -0.139. The molecule has 1 unspecified atom stereocenters. The van der Waals surface area contributed by atoms with E-state index in [0.29, 0.717) is 17.1 Å². The number of amides is 1. The largest absolute Gasteiger partial charge is 0.480 e. The molecule has 0 fully saturated rings. The van der Waals surface area contributed by atoms with E-state index in [0.717, 1.165) is 10.6 Å². The molecule has 0 spiro atoms. The van der Waals surface area contributed by atoms with Crippen molar-refractivity contribution in [3.05, 3.63) is 34.9 Å². The first kappa shape index (κ1) is 14.3. The average molecular weight is 293 g/mol. The van der Waals surface area contributed by atoms with Gasteiger partial charge in [-0.05, 0) is 37.6 Å². The number of carbonyl (C=O) groups excluding carboxylic acids is 1. The summed E-state index contributed by atoms with van der Waals surface area (Å²) in [6.07, 6.45) is 0.344. The second kappa shape index (κ2) is 5.92. The maximum Gasteiger partial charge on any atom is 0.326 e. The van der Waals surface area contributed by atoms with Crippen molar-refractivity contribution in [2.45, 2.75) is 26.3 Å². The lowest BCUT2D eigenvalue weighted by Gasteiger charge is -2.10. The quantitative estimate of drug-likeness (QED) is 0.888. The van der Waals surface area contributed by atoms with Gasteiger partial charge in [-0.3, -0.25) is 4.79 Å². The predicted octanol–water partition coefficient (Wildman–Crippen LogP) is 2.91. The van der Waals surface area contributed by atoms with Crippen LogP contribution in [0.5, 0.6) is 0 Å². The molecule has 0 aliphatic heterocycles. The van der Waals surface area contributed by atoms with Gasteiger partial charge in [0.15, 0.2) is 0 Å². The van der Waals surface area contributed by atoms with Crippen LogP contribution in [0.2, 0.25) is 0 Å². The van der Waals surface area contributed by atoms with Crippen LogP contribution < -0.4 is 5.32 Å². The number of nitrogens with one attached hydrogen (secondary N) is 1. The van der Waals surface area contributed by atoms with E-state index in [-0.39, 0.29) is 5.91 Å². The number of carboxylic acids is 1. The third-order valence-corrected chi connectivity index (χ3v) is 3.92. The molecular weight excluding hydrogens is 278 g/mol. The Morgan fingerprint density at radius 2 is 2.10 bits per heavy atom. The zero-order valence-corrected chi connectivity index (χ0v) is 12.0. The lowest BCUT2D eigenvalue weighted by atomic mass is 10.2. The first-order chi connectivity index (χ1) is 9.51. The van der Waals surface area contributed by atoms with E-state index >= 15 is 0 Å². The average Bonchev–Trinajstić information content (AvgIpc) is 3.03. The van der Waals surface area contributed by atoms with E-state index in [1.54, 1.807) is 19.1 Å². The summed E-state index contributed by atoms with van der Waals surface area (Å²) in [4.78, 5) is 24.2. The summed E-state index contributed by atoms with van der Waals surface area (Å²) in [5.74, 6) is 0.103. The van der Waals surface area contributed by atoms with Crippen molar-refractivity contribution in [2.75, 3.05) is 0 Å². The third-order valence-electron chi connectivity index (χ3n) is 2.82. The van der Waals surface area contributed by atoms with Crippen LogP contribution in [0.4, 0.5) is 0 Å². The molecule has 20 heavy (non-hydrogen) atoms. The zero-order chi connectivity index (χ0) is 14.7. The number of furan rings is 1. The SMILES string of the molecule is CCC(NC(=O)c1ccc(-c2ccc(C)o2)s1)C(=O)O. The Bertz CT molecular complexity index is 629. The maximum atomic E-state index is 12.0. The molecular formula is C14H15NO4S. The predicted molar refractivity (Wildman–Crippen MR) is 75.9 cm³/mol. The maximum absolute atomic E-state index is 12.0. The van der Waals surface area contributed by atoms with Gasteiger partial charge in [0, 0.05) is 0 Å². The molecule has 2 heterocycles. The zero-order valence-electron chi connectivity index (χ0n) is 11.2. The molecule has 2 rings (SSSR count). The van der Waals surface area contributed by atoms with Crippen molar-refractivity contribution in [1.82, 2.24) is 5.32 Å². The van der Waals surface area contributed by atoms with Crippen LogP contribution in [0.1, 0.15) is 28.8 Å². The molecule has 106 valence electrons. The topological polar surface area (TPSA) is 79.5 Å². The Morgan fingerprint density at radius 3 is 2.65 bits per heavy atom. The van der Waals surface area contributed by atoms with Gasteiger partial charge < -0.3 is 14.8 Å². The van der Waals surface area contributed by atoms with E-state index in [1.807, 2.05) is 19.1 Å². The summed E-state index contributed by atoms with van der Waals surface area (Å²) in [6, 6.07) is 6.29. The van der Waals surface area contributed by atoms with Crippen molar-refractivity contribution in [3.63, 3.8) is 0 Å². The standard InChI is InChI=1S/C14H15NO4S/c1-3-9(14(17)18)15-13(16)12-7-6-11(20-12)10-5-4-8(2)19-10/h4-7,9H,3H2,1-2H3,(H,15,16)(H,17,18). The Labute approximate surface area is 120 Å². The minimum Gasteiger partial charge on any atom is -0.480 e. The van der Waals surface area contributed by atoms with Crippen molar-refractivity contribution < 1.29 is 19.1 Å². The van der Waals surface area contributed by atoms with Crippen LogP contribution in [0, 0.1) is 6.92 Å². The van der Waals surface area contributed by atoms with Gasteiger partial charge in [0.2, 0.25) is 0 Å². The Kier molecular flexibility index (Phi) is 4.24. The molecule has 0 saturated carbocycles. The monoisotopic (exact) mass is 293 g/mol. The fraction of sp³-hybridized carbons (Fsp3) is 0.286. The van der Waals surface area contributed by atoms with E-state index in [1.165, 1.54) is 11.3 Å². The third kappa shape index (κ3) is 3.08. The highest BCUT2D eigenvalue weighted by Gasteiger charge is 2.20. The highest BCUT2D eigenvalue weighted by Crippen LogP contribution is 2.29. The number of carboxylic acid groups (broad SMARTS) is 1. The number of aryl methyl sites for hydroxylation is 1. The van der Waals surface area contributed by atoms with Crippen molar-refractivity contribution in [3.8, 4) is 10.6 Å². The molecule has 2 aromatic heterocycles. The van der Waals surface area contributed by atoms with Crippen molar-refractivity contribution >= 4 is 23.2 Å². The van der Waals surface area contributed by atoms with Gasteiger partial charge in [-0.15, -0.1) is 11.3 Å². The molecule has 5 nitrogen and oxygen atoms in total.